The Morgan fingerprint density at radius 2 is 2.06 bits per heavy atom. The number of rotatable bonds is 5. The number of thiazole rings is 1. The third kappa shape index (κ3) is 3.57. The molecule has 1 heterocycles. The molecule has 2 nitrogen and oxygen atoms in total. The minimum atomic E-state index is 0.0742. The first kappa shape index (κ1) is 13.6. The molecule has 0 bridgehead atoms. The number of aromatic nitrogens is 1. The van der Waals surface area contributed by atoms with Crippen LogP contribution in [0.3, 0.4) is 0 Å². The molecule has 18 heavy (non-hydrogen) atoms. The Hall–Kier alpha value is -0.840. The van der Waals surface area contributed by atoms with Crippen LogP contribution in [0.25, 0.3) is 0 Å². The second kappa shape index (κ2) is 6.36. The van der Waals surface area contributed by atoms with E-state index in [0.717, 1.165) is 22.2 Å². The number of hydrogen-bond donors (Lipinski definition) is 1. The molecule has 4 heteroatoms. The lowest BCUT2D eigenvalue weighted by atomic mass is 10.1. The van der Waals surface area contributed by atoms with Crippen LogP contribution >= 0.6 is 23.1 Å². The van der Waals surface area contributed by atoms with Gasteiger partial charge in [0.1, 0.15) is 4.34 Å². The van der Waals surface area contributed by atoms with Gasteiger partial charge >= 0.3 is 0 Å². The number of nitrogens with two attached hydrogens (primary N) is 1. The van der Waals surface area contributed by atoms with E-state index in [1.807, 2.05) is 6.92 Å². The minimum Gasteiger partial charge on any atom is -0.323 e. The van der Waals surface area contributed by atoms with Gasteiger partial charge in [-0.05, 0) is 24.5 Å². The standard InChI is InChI=1S/C14H18N2S2/c1-3-11-4-6-12(7-5-11)13(15)9-18-14-16-10(2)8-17-14/h4-8,13H,3,9,15H2,1-2H3. The number of benzene rings is 1. The summed E-state index contributed by atoms with van der Waals surface area (Å²) in [6.45, 7) is 4.18. The quantitative estimate of drug-likeness (QED) is 0.845. The Balaban J connectivity index is 1.92. The molecule has 0 aliphatic carbocycles. The van der Waals surface area contributed by atoms with Gasteiger partial charge in [0, 0.05) is 22.9 Å². The first-order valence-corrected chi connectivity index (χ1v) is 7.95. The van der Waals surface area contributed by atoms with Crippen LogP contribution in [0.5, 0.6) is 0 Å². The van der Waals surface area contributed by atoms with Crippen LogP contribution in [0, 0.1) is 6.92 Å². The minimum absolute atomic E-state index is 0.0742. The average Bonchev–Trinajstić information content (AvgIpc) is 2.82. The molecule has 1 unspecified atom stereocenters. The molecule has 2 rings (SSSR count). The Morgan fingerprint density at radius 3 is 2.61 bits per heavy atom. The van der Waals surface area contributed by atoms with Gasteiger partial charge in [-0.15, -0.1) is 11.3 Å². The summed E-state index contributed by atoms with van der Waals surface area (Å²) in [4.78, 5) is 4.43. The number of aryl methyl sites for hydroxylation is 2. The fourth-order valence-electron chi connectivity index (χ4n) is 1.66. The Kier molecular flexibility index (Phi) is 4.80. The topological polar surface area (TPSA) is 38.9 Å². The molecule has 0 aliphatic heterocycles. The van der Waals surface area contributed by atoms with Crippen molar-refractivity contribution in [1.82, 2.24) is 4.98 Å². The lowest BCUT2D eigenvalue weighted by molar-refractivity contribution is 0.829. The van der Waals surface area contributed by atoms with Crippen LogP contribution in [-0.2, 0) is 6.42 Å². The summed E-state index contributed by atoms with van der Waals surface area (Å²) in [6.07, 6.45) is 1.07. The Labute approximate surface area is 117 Å². The van der Waals surface area contributed by atoms with E-state index in [0.29, 0.717) is 0 Å². The highest BCUT2D eigenvalue weighted by Gasteiger charge is 2.08. The van der Waals surface area contributed by atoms with Crippen LogP contribution in [0.1, 0.15) is 29.8 Å². The van der Waals surface area contributed by atoms with Gasteiger partial charge in [0.25, 0.3) is 0 Å². The molecule has 0 saturated carbocycles. The summed E-state index contributed by atoms with van der Waals surface area (Å²) in [7, 11) is 0. The molecule has 0 amide bonds. The van der Waals surface area contributed by atoms with E-state index < -0.39 is 0 Å². The maximum atomic E-state index is 6.20. The first-order chi connectivity index (χ1) is 8.69. The molecule has 0 saturated heterocycles. The summed E-state index contributed by atoms with van der Waals surface area (Å²) in [6, 6.07) is 8.67. The largest absolute Gasteiger partial charge is 0.323 e. The van der Waals surface area contributed by atoms with Crippen molar-refractivity contribution in [3.8, 4) is 0 Å². The first-order valence-electron chi connectivity index (χ1n) is 6.08. The highest BCUT2D eigenvalue weighted by molar-refractivity contribution is 8.01. The van der Waals surface area contributed by atoms with Crippen molar-refractivity contribution >= 4 is 23.1 Å². The summed E-state index contributed by atoms with van der Waals surface area (Å²) in [5.74, 6) is 0.873. The molecule has 2 aromatic rings. The molecule has 0 spiro atoms. The molecular weight excluding hydrogens is 260 g/mol. The van der Waals surface area contributed by atoms with Gasteiger partial charge in [-0.3, -0.25) is 0 Å². The van der Waals surface area contributed by atoms with Crippen molar-refractivity contribution in [3.05, 3.63) is 46.5 Å². The predicted octanol–water partition coefficient (Wildman–Crippen LogP) is 3.81. The molecule has 0 fully saturated rings. The lowest BCUT2D eigenvalue weighted by Crippen LogP contribution is -2.12. The average molecular weight is 278 g/mol. The maximum absolute atomic E-state index is 6.20. The summed E-state index contributed by atoms with van der Waals surface area (Å²) in [5.41, 5.74) is 9.84. The third-order valence-electron chi connectivity index (χ3n) is 2.80. The molecule has 1 atom stereocenters. The molecular formula is C14H18N2S2. The number of thioether (sulfide) groups is 1. The van der Waals surface area contributed by atoms with E-state index >= 15 is 0 Å². The van der Waals surface area contributed by atoms with Crippen LogP contribution in [0.15, 0.2) is 34.0 Å². The fraction of sp³-hybridized carbons (Fsp3) is 0.357. The third-order valence-corrected chi connectivity index (χ3v) is 5.06. The predicted molar refractivity (Wildman–Crippen MR) is 80.3 cm³/mol. The van der Waals surface area contributed by atoms with E-state index in [1.165, 1.54) is 11.1 Å². The molecule has 0 radical (unpaired) electrons. The second-order valence-corrected chi connectivity index (χ2v) is 6.39. The van der Waals surface area contributed by atoms with E-state index in [1.54, 1.807) is 23.1 Å². The van der Waals surface area contributed by atoms with E-state index in [-0.39, 0.29) is 6.04 Å². The van der Waals surface area contributed by atoms with Gasteiger partial charge in [-0.1, -0.05) is 43.0 Å². The van der Waals surface area contributed by atoms with E-state index in [9.17, 15) is 0 Å². The van der Waals surface area contributed by atoms with Crippen molar-refractivity contribution in [2.75, 3.05) is 5.75 Å². The second-order valence-electron chi connectivity index (χ2n) is 4.27. The molecule has 96 valence electrons. The van der Waals surface area contributed by atoms with Crippen molar-refractivity contribution in [1.29, 1.82) is 0 Å². The molecule has 0 aliphatic rings. The maximum Gasteiger partial charge on any atom is 0.150 e. The molecule has 1 aromatic carbocycles. The normalized spacial score (nSPS) is 12.6. The summed E-state index contributed by atoms with van der Waals surface area (Å²) >= 11 is 3.43. The van der Waals surface area contributed by atoms with E-state index in [2.05, 4.69) is 41.6 Å². The van der Waals surface area contributed by atoms with Crippen molar-refractivity contribution in [3.63, 3.8) is 0 Å². The van der Waals surface area contributed by atoms with Gasteiger partial charge in [-0.2, -0.15) is 0 Å². The molecule has 2 N–H and O–H groups in total. The SMILES string of the molecule is CCc1ccc(C(N)CSc2nc(C)cs2)cc1. The van der Waals surface area contributed by atoms with Crippen LogP contribution in [0.4, 0.5) is 0 Å². The highest BCUT2D eigenvalue weighted by atomic mass is 32.2. The van der Waals surface area contributed by atoms with Crippen molar-refractivity contribution < 1.29 is 0 Å². The fourth-order valence-corrected chi connectivity index (χ4v) is 3.52. The van der Waals surface area contributed by atoms with Gasteiger partial charge in [0.2, 0.25) is 0 Å². The van der Waals surface area contributed by atoms with Crippen LogP contribution in [-0.4, -0.2) is 10.7 Å². The zero-order valence-electron chi connectivity index (χ0n) is 10.7. The van der Waals surface area contributed by atoms with Crippen molar-refractivity contribution in [2.45, 2.75) is 30.6 Å². The molecule has 1 aromatic heterocycles. The van der Waals surface area contributed by atoms with E-state index in [4.69, 9.17) is 5.73 Å². The van der Waals surface area contributed by atoms with Gasteiger partial charge in [0.05, 0.1) is 0 Å². The zero-order valence-corrected chi connectivity index (χ0v) is 12.4. The Bertz CT molecular complexity index is 491. The van der Waals surface area contributed by atoms with Crippen LogP contribution < -0.4 is 5.73 Å². The Morgan fingerprint density at radius 1 is 1.33 bits per heavy atom. The smallest absolute Gasteiger partial charge is 0.150 e. The zero-order chi connectivity index (χ0) is 13.0. The van der Waals surface area contributed by atoms with Gasteiger partial charge in [0.15, 0.2) is 0 Å². The summed E-state index contributed by atoms with van der Waals surface area (Å²) < 4.78 is 1.10. The van der Waals surface area contributed by atoms with Crippen molar-refractivity contribution in [2.24, 2.45) is 5.73 Å². The number of nitrogens with zero attached hydrogens (tertiary/aromatic N) is 1. The summed E-state index contributed by atoms with van der Waals surface area (Å²) in [5, 5.41) is 2.07. The lowest BCUT2D eigenvalue weighted by Gasteiger charge is -2.11. The number of hydrogen-bond acceptors (Lipinski definition) is 4. The van der Waals surface area contributed by atoms with Crippen LogP contribution in [0.2, 0.25) is 0 Å². The van der Waals surface area contributed by atoms with Gasteiger partial charge < -0.3 is 5.73 Å². The highest BCUT2D eigenvalue weighted by Crippen LogP contribution is 2.26. The monoisotopic (exact) mass is 278 g/mol. The van der Waals surface area contributed by atoms with Gasteiger partial charge in [-0.25, -0.2) is 4.98 Å².